The number of ether oxygens (including phenoxy) is 1. The van der Waals surface area contributed by atoms with Gasteiger partial charge < -0.3 is 20.3 Å². The van der Waals surface area contributed by atoms with Crippen LogP contribution in [0.15, 0.2) is 29.3 Å². The lowest BCUT2D eigenvalue weighted by molar-refractivity contribution is 0.296. The van der Waals surface area contributed by atoms with E-state index in [2.05, 4.69) is 54.5 Å². The molecular formula is C22H38N4O. The van der Waals surface area contributed by atoms with Gasteiger partial charge in [-0.2, -0.15) is 0 Å². The Morgan fingerprint density at radius 1 is 1.11 bits per heavy atom. The SMILES string of the molecule is CCNC(=NCc1ccccc1OCC1CC1)NCCCCN(CC)CC. The molecule has 5 heteroatoms. The Kier molecular flexibility index (Phi) is 10.1. The highest BCUT2D eigenvalue weighted by molar-refractivity contribution is 5.79. The van der Waals surface area contributed by atoms with Crippen LogP contribution in [0.5, 0.6) is 5.75 Å². The highest BCUT2D eigenvalue weighted by atomic mass is 16.5. The number of aliphatic imine (C=N–C) groups is 1. The van der Waals surface area contributed by atoms with Crippen molar-refractivity contribution in [2.45, 2.75) is 53.0 Å². The molecule has 0 aliphatic heterocycles. The molecular weight excluding hydrogens is 336 g/mol. The lowest BCUT2D eigenvalue weighted by Gasteiger charge is -2.18. The minimum absolute atomic E-state index is 0.635. The number of rotatable bonds is 13. The smallest absolute Gasteiger partial charge is 0.191 e. The molecule has 5 nitrogen and oxygen atoms in total. The Morgan fingerprint density at radius 3 is 2.59 bits per heavy atom. The first-order valence-corrected chi connectivity index (χ1v) is 10.7. The number of guanidine groups is 1. The Labute approximate surface area is 165 Å². The van der Waals surface area contributed by atoms with E-state index < -0.39 is 0 Å². The van der Waals surface area contributed by atoms with E-state index in [0.717, 1.165) is 62.4 Å². The summed E-state index contributed by atoms with van der Waals surface area (Å²) in [6.45, 7) is 13.3. The maximum Gasteiger partial charge on any atom is 0.191 e. The molecule has 0 amide bonds. The topological polar surface area (TPSA) is 48.9 Å². The summed E-state index contributed by atoms with van der Waals surface area (Å²) in [4.78, 5) is 7.23. The van der Waals surface area contributed by atoms with Crippen molar-refractivity contribution >= 4 is 5.96 Å². The van der Waals surface area contributed by atoms with Crippen LogP contribution >= 0.6 is 0 Å². The molecule has 0 radical (unpaired) electrons. The van der Waals surface area contributed by atoms with Crippen LogP contribution in [0, 0.1) is 5.92 Å². The maximum atomic E-state index is 6.00. The highest BCUT2D eigenvalue weighted by Gasteiger charge is 2.22. The van der Waals surface area contributed by atoms with Gasteiger partial charge in [0.1, 0.15) is 5.75 Å². The first kappa shape index (κ1) is 21.5. The van der Waals surface area contributed by atoms with Crippen molar-refractivity contribution in [3.8, 4) is 5.75 Å². The average molecular weight is 375 g/mol. The van der Waals surface area contributed by atoms with Gasteiger partial charge in [0.05, 0.1) is 13.2 Å². The Balaban J connectivity index is 1.78. The lowest BCUT2D eigenvalue weighted by Crippen LogP contribution is -2.38. The van der Waals surface area contributed by atoms with Gasteiger partial charge in [-0.3, -0.25) is 0 Å². The summed E-state index contributed by atoms with van der Waals surface area (Å²) in [7, 11) is 0. The van der Waals surface area contributed by atoms with Crippen molar-refractivity contribution in [3.05, 3.63) is 29.8 Å². The fourth-order valence-electron chi connectivity index (χ4n) is 2.98. The van der Waals surface area contributed by atoms with E-state index in [9.17, 15) is 0 Å². The molecule has 1 aliphatic rings. The van der Waals surface area contributed by atoms with Gasteiger partial charge in [0.15, 0.2) is 5.96 Å². The largest absolute Gasteiger partial charge is 0.493 e. The molecule has 1 aliphatic carbocycles. The molecule has 0 atom stereocenters. The van der Waals surface area contributed by atoms with E-state index >= 15 is 0 Å². The zero-order chi connectivity index (χ0) is 19.3. The van der Waals surface area contributed by atoms with E-state index in [-0.39, 0.29) is 0 Å². The van der Waals surface area contributed by atoms with Gasteiger partial charge in [-0.15, -0.1) is 0 Å². The normalized spacial score (nSPS) is 14.4. The Morgan fingerprint density at radius 2 is 1.89 bits per heavy atom. The van der Waals surface area contributed by atoms with Crippen LogP contribution in [0.4, 0.5) is 0 Å². The van der Waals surface area contributed by atoms with Crippen molar-refractivity contribution in [3.63, 3.8) is 0 Å². The van der Waals surface area contributed by atoms with Crippen LogP contribution in [0.1, 0.15) is 52.0 Å². The van der Waals surface area contributed by atoms with Crippen LogP contribution in [-0.4, -0.2) is 50.2 Å². The second kappa shape index (κ2) is 12.6. The summed E-state index contributed by atoms with van der Waals surface area (Å²) in [5.74, 6) is 2.62. The minimum atomic E-state index is 0.635. The molecule has 1 aromatic rings. The molecule has 1 aromatic carbocycles. The molecule has 1 fully saturated rings. The van der Waals surface area contributed by atoms with Gasteiger partial charge in [0.25, 0.3) is 0 Å². The summed E-state index contributed by atoms with van der Waals surface area (Å²) in [5.41, 5.74) is 1.15. The summed E-state index contributed by atoms with van der Waals surface area (Å²) < 4.78 is 6.00. The minimum Gasteiger partial charge on any atom is -0.493 e. The van der Waals surface area contributed by atoms with Crippen molar-refractivity contribution in [2.75, 3.05) is 39.3 Å². The number of unbranched alkanes of at least 4 members (excludes halogenated alkanes) is 1. The fraction of sp³-hybridized carbons (Fsp3) is 0.682. The van der Waals surface area contributed by atoms with Gasteiger partial charge in [-0.1, -0.05) is 32.0 Å². The predicted molar refractivity (Wildman–Crippen MR) is 115 cm³/mol. The number of benzene rings is 1. The van der Waals surface area contributed by atoms with Gasteiger partial charge in [0, 0.05) is 18.7 Å². The number of nitrogens with one attached hydrogen (secondary N) is 2. The second-order valence-electron chi connectivity index (χ2n) is 7.22. The molecule has 0 bridgehead atoms. The maximum absolute atomic E-state index is 6.00. The van der Waals surface area contributed by atoms with Gasteiger partial charge >= 0.3 is 0 Å². The van der Waals surface area contributed by atoms with E-state index in [1.54, 1.807) is 0 Å². The molecule has 0 unspecified atom stereocenters. The summed E-state index contributed by atoms with van der Waals surface area (Å²) in [6.07, 6.45) is 4.99. The van der Waals surface area contributed by atoms with E-state index in [4.69, 9.17) is 9.73 Å². The first-order valence-electron chi connectivity index (χ1n) is 10.7. The van der Waals surface area contributed by atoms with E-state index in [1.165, 1.54) is 25.8 Å². The van der Waals surface area contributed by atoms with Crippen molar-refractivity contribution in [1.29, 1.82) is 0 Å². The van der Waals surface area contributed by atoms with Crippen LogP contribution in [0.2, 0.25) is 0 Å². The summed E-state index contributed by atoms with van der Waals surface area (Å²) >= 11 is 0. The molecule has 1 saturated carbocycles. The monoisotopic (exact) mass is 374 g/mol. The Bertz CT molecular complexity index is 553. The third-order valence-electron chi connectivity index (χ3n) is 4.98. The van der Waals surface area contributed by atoms with Crippen molar-refractivity contribution in [2.24, 2.45) is 10.9 Å². The zero-order valence-electron chi connectivity index (χ0n) is 17.5. The molecule has 27 heavy (non-hydrogen) atoms. The fourth-order valence-corrected chi connectivity index (χ4v) is 2.98. The quantitative estimate of drug-likeness (QED) is 0.314. The zero-order valence-corrected chi connectivity index (χ0v) is 17.5. The third-order valence-corrected chi connectivity index (χ3v) is 4.98. The third kappa shape index (κ3) is 8.65. The standard InChI is InChI=1S/C22H38N4O/c1-4-23-22(24-15-9-10-16-26(5-2)6-3)25-17-20-11-7-8-12-21(20)27-18-19-13-14-19/h7-8,11-12,19H,4-6,9-10,13-18H2,1-3H3,(H2,23,24,25). The number of hydrogen-bond donors (Lipinski definition) is 2. The number of para-hydroxylation sites is 1. The van der Waals surface area contributed by atoms with Gasteiger partial charge in [0.2, 0.25) is 0 Å². The van der Waals surface area contributed by atoms with Crippen molar-refractivity contribution < 1.29 is 4.74 Å². The first-order chi connectivity index (χ1) is 13.3. The van der Waals surface area contributed by atoms with E-state index in [0.29, 0.717) is 6.54 Å². The van der Waals surface area contributed by atoms with Crippen LogP contribution < -0.4 is 15.4 Å². The number of nitrogens with zero attached hydrogens (tertiary/aromatic N) is 2. The number of hydrogen-bond acceptors (Lipinski definition) is 3. The molecule has 0 heterocycles. The summed E-state index contributed by atoms with van der Waals surface area (Å²) in [6, 6.07) is 8.26. The van der Waals surface area contributed by atoms with Gasteiger partial charge in [-0.25, -0.2) is 4.99 Å². The van der Waals surface area contributed by atoms with Crippen LogP contribution in [0.3, 0.4) is 0 Å². The predicted octanol–water partition coefficient (Wildman–Crippen LogP) is 3.65. The average Bonchev–Trinajstić information content (AvgIpc) is 3.52. The molecule has 2 N–H and O–H groups in total. The molecule has 0 aromatic heterocycles. The Hall–Kier alpha value is -1.75. The van der Waals surface area contributed by atoms with Gasteiger partial charge in [-0.05, 0) is 64.2 Å². The lowest BCUT2D eigenvalue weighted by atomic mass is 10.2. The van der Waals surface area contributed by atoms with Crippen LogP contribution in [0.25, 0.3) is 0 Å². The van der Waals surface area contributed by atoms with E-state index in [1.807, 2.05) is 6.07 Å². The second-order valence-corrected chi connectivity index (χ2v) is 7.22. The summed E-state index contributed by atoms with van der Waals surface area (Å²) in [5, 5.41) is 6.80. The highest BCUT2D eigenvalue weighted by Crippen LogP contribution is 2.30. The molecule has 152 valence electrons. The van der Waals surface area contributed by atoms with Crippen molar-refractivity contribution in [1.82, 2.24) is 15.5 Å². The van der Waals surface area contributed by atoms with Crippen LogP contribution in [-0.2, 0) is 6.54 Å². The molecule has 0 spiro atoms. The molecule has 2 rings (SSSR count). The molecule has 0 saturated heterocycles.